The van der Waals surface area contributed by atoms with Crippen LogP contribution < -0.4 is 5.32 Å². The largest absolute Gasteiger partial charge is 0.379 e. The molecule has 1 fully saturated rings. The summed E-state index contributed by atoms with van der Waals surface area (Å²) in [4.78, 5) is 15.2. The van der Waals surface area contributed by atoms with Gasteiger partial charge in [0.25, 0.3) is 0 Å². The minimum absolute atomic E-state index is 0.392. The van der Waals surface area contributed by atoms with Crippen LogP contribution in [0, 0.1) is 0 Å². The predicted molar refractivity (Wildman–Crippen MR) is 118 cm³/mol. The summed E-state index contributed by atoms with van der Waals surface area (Å²) in [5.74, 6) is 1.99. The monoisotopic (exact) mass is 424 g/mol. The van der Waals surface area contributed by atoms with Gasteiger partial charge in [0.2, 0.25) is 0 Å². The number of morpholine rings is 1. The van der Waals surface area contributed by atoms with Crippen LogP contribution >= 0.6 is 11.3 Å². The van der Waals surface area contributed by atoms with Gasteiger partial charge in [-0.1, -0.05) is 0 Å². The maximum atomic E-state index is 5.51. The number of nitrogens with zero attached hydrogens (tertiary/aromatic N) is 4. The molecule has 4 heterocycles. The maximum Gasteiger partial charge on any atom is 0.146 e. The van der Waals surface area contributed by atoms with Crippen molar-refractivity contribution < 1.29 is 4.74 Å². The molecule has 30 heavy (non-hydrogen) atoms. The van der Waals surface area contributed by atoms with Gasteiger partial charge < -0.3 is 10.1 Å². The normalized spacial score (nSPS) is 22.1. The van der Waals surface area contributed by atoms with E-state index in [2.05, 4.69) is 20.4 Å². The quantitative estimate of drug-likeness (QED) is 0.670. The Balaban J connectivity index is 1.35. The van der Waals surface area contributed by atoms with E-state index in [9.17, 15) is 0 Å². The minimum atomic E-state index is 0.392. The Morgan fingerprint density at radius 2 is 2.07 bits per heavy atom. The lowest BCUT2D eigenvalue weighted by Gasteiger charge is -2.27. The van der Waals surface area contributed by atoms with Crippen LogP contribution in [0.15, 0.2) is 6.20 Å². The van der Waals surface area contributed by atoms with Crippen molar-refractivity contribution in [3.05, 3.63) is 33.7 Å². The molecule has 0 saturated carbocycles. The van der Waals surface area contributed by atoms with Gasteiger partial charge in [0, 0.05) is 29.7 Å². The lowest BCUT2D eigenvalue weighted by atomic mass is 9.93. The molecule has 1 saturated heterocycles. The van der Waals surface area contributed by atoms with Crippen LogP contribution in [-0.2, 0) is 37.0 Å². The number of thiophene rings is 1. The average molecular weight is 425 g/mol. The molecule has 3 aromatic heterocycles. The van der Waals surface area contributed by atoms with Crippen LogP contribution in [0.4, 0.5) is 5.82 Å². The first-order valence-corrected chi connectivity index (χ1v) is 12.0. The fraction of sp³-hybridized carbons (Fsp3) is 0.591. The summed E-state index contributed by atoms with van der Waals surface area (Å²) in [5.41, 5.74) is 4.13. The van der Waals surface area contributed by atoms with Gasteiger partial charge in [0.1, 0.15) is 16.5 Å². The van der Waals surface area contributed by atoms with Gasteiger partial charge >= 0.3 is 0 Å². The molecule has 2 aliphatic carbocycles. The lowest BCUT2D eigenvalue weighted by Crippen LogP contribution is -2.36. The summed E-state index contributed by atoms with van der Waals surface area (Å²) in [6.45, 7) is 4.31. The van der Waals surface area contributed by atoms with Crippen molar-refractivity contribution in [2.24, 2.45) is 0 Å². The minimum Gasteiger partial charge on any atom is -0.379 e. The molecule has 7 nitrogen and oxygen atoms in total. The van der Waals surface area contributed by atoms with E-state index in [1.807, 2.05) is 17.5 Å². The summed E-state index contributed by atoms with van der Waals surface area (Å²) in [5, 5.41) is 12.5. The fourth-order valence-corrected chi connectivity index (χ4v) is 6.35. The van der Waals surface area contributed by atoms with Crippen LogP contribution in [0.25, 0.3) is 10.2 Å². The number of fused-ring (bicyclic) bond motifs is 4. The number of ether oxygens (including phenoxy) is 1. The van der Waals surface area contributed by atoms with E-state index in [4.69, 9.17) is 14.7 Å². The van der Waals surface area contributed by atoms with Crippen LogP contribution in [-0.4, -0.2) is 57.4 Å². The van der Waals surface area contributed by atoms with Crippen molar-refractivity contribution in [1.82, 2.24) is 25.1 Å². The van der Waals surface area contributed by atoms with Crippen molar-refractivity contribution in [3.8, 4) is 0 Å². The number of hydrogen-bond donors (Lipinski definition) is 2. The standard InChI is InChI=1S/C22H28N6OS/c1-2-4-18-16(3-1)20-21(24-15-5-6-17-14(11-15)12-23-27-17)25-19(26-22(20)30-18)13-28-7-9-29-10-8-28/h12,15H,1-11,13H2,(H,23,27)(H,24,25,26). The number of aryl methyl sites for hydroxylation is 3. The summed E-state index contributed by atoms with van der Waals surface area (Å²) in [6.07, 6.45) is 10.0. The van der Waals surface area contributed by atoms with E-state index in [-0.39, 0.29) is 0 Å². The highest BCUT2D eigenvalue weighted by atomic mass is 32.1. The van der Waals surface area contributed by atoms with Gasteiger partial charge in [-0.25, -0.2) is 9.97 Å². The molecule has 0 amide bonds. The second kappa shape index (κ2) is 7.90. The second-order valence-electron chi connectivity index (χ2n) is 8.73. The molecular formula is C22H28N6OS. The smallest absolute Gasteiger partial charge is 0.146 e. The molecule has 1 aliphatic heterocycles. The zero-order valence-corrected chi connectivity index (χ0v) is 18.1. The second-order valence-corrected chi connectivity index (χ2v) is 9.81. The predicted octanol–water partition coefficient (Wildman–Crippen LogP) is 3.09. The molecular weight excluding hydrogens is 396 g/mol. The number of anilines is 1. The highest BCUT2D eigenvalue weighted by molar-refractivity contribution is 7.19. The number of H-pyrrole nitrogens is 1. The lowest BCUT2D eigenvalue weighted by molar-refractivity contribution is 0.0331. The Labute approximate surface area is 180 Å². The zero-order chi connectivity index (χ0) is 19.9. The van der Waals surface area contributed by atoms with Crippen LogP contribution in [0.5, 0.6) is 0 Å². The van der Waals surface area contributed by atoms with E-state index in [1.165, 1.54) is 51.2 Å². The maximum absolute atomic E-state index is 5.51. The molecule has 1 atom stereocenters. The van der Waals surface area contributed by atoms with E-state index in [0.717, 1.165) is 70.2 Å². The molecule has 8 heteroatoms. The van der Waals surface area contributed by atoms with Crippen molar-refractivity contribution in [3.63, 3.8) is 0 Å². The molecule has 0 radical (unpaired) electrons. The summed E-state index contributed by atoms with van der Waals surface area (Å²) in [7, 11) is 0. The summed E-state index contributed by atoms with van der Waals surface area (Å²) < 4.78 is 5.51. The molecule has 3 aliphatic rings. The van der Waals surface area contributed by atoms with Gasteiger partial charge in [-0.2, -0.15) is 5.10 Å². The third-order valence-electron chi connectivity index (χ3n) is 6.69. The van der Waals surface area contributed by atoms with Crippen molar-refractivity contribution >= 4 is 27.4 Å². The molecule has 6 rings (SSSR count). The van der Waals surface area contributed by atoms with Crippen LogP contribution in [0.1, 0.15) is 46.8 Å². The Morgan fingerprint density at radius 3 is 3.00 bits per heavy atom. The third kappa shape index (κ3) is 3.50. The van der Waals surface area contributed by atoms with E-state index < -0.39 is 0 Å². The van der Waals surface area contributed by atoms with Crippen molar-refractivity contribution in [2.75, 3.05) is 31.6 Å². The number of aromatic nitrogens is 4. The number of hydrogen-bond acceptors (Lipinski definition) is 7. The zero-order valence-electron chi connectivity index (χ0n) is 17.2. The summed E-state index contributed by atoms with van der Waals surface area (Å²) in [6, 6.07) is 0.392. The first-order valence-electron chi connectivity index (χ1n) is 11.2. The molecule has 0 spiro atoms. The van der Waals surface area contributed by atoms with E-state index >= 15 is 0 Å². The Morgan fingerprint density at radius 1 is 1.17 bits per heavy atom. The van der Waals surface area contributed by atoms with Crippen LogP contribution in [0.3, 0.4) is 0 Å². The van der Waals surface area contributed by atoms with Crippen molar-refractivity contribution in [2.45, 2.75) is 57.5 Å². The van der Waals surface area contributed by atoms with Gasteiger partial charge in [-0.15, -0.1) is 11.3 Å². The highest BCUT2D eigenvalue weighted by Gasteiger charge is 2.25. The molecule has 2 N–H and O–H groups in total. The number of aromatic amines is 1. The highest BCUT2D eigenvalue weighted by Crippen LogP contribution is 2.39. The fourth-order valence-electron chi connectivity index (χ4n) is 5.07. The van der Waals surface area contributed by atoms with E-state index in [0.29, 0.717) is 6.04 Å². The number of rotatable bonds is 4. The molecule has 0 bridgehead atoms. The average Bonchev–Trinajstić information content (AvgIpc) is 3.38. The van der Waals surface area contributed by atoms with E-state index in [1.54, 1.807) is 0 Å². The van der Waals surface area contributed by atoms with Gasteiger partial charge in [-0.05, 0) is 56.1 Å². The number of nitrogens with one attached hydrogen (secondary N) is 2. The Kier molecular flexibility index (Phi) is 4.93. The molecule has 1 unspecified atom stereocenters. The van der Waals surface area contributed by atoms with Crippen molar-refractivity contribution in [1.29, 1.82) is 0 Å². The van der Waals surface area contributed by atoms with Gasteiger partial charge in [0.15, 0.2) is 0 Å². The first-order chi connectivity index (χ1) is 14.8. The van der Waals surface area contributed by atoms with Crippen LogP contribution in [0.2, 0.25) is 0 Å². The summed E-state index contributed by atoms with van der Waals surface area (Å²) >= 11 is 1.89. The Bertz CT molecular complexity index is 1050. The molecule has 3 aromatic rings. The molecule has 158 valence electrons. The Hall–Kier alpha value is -2.03. The topological polar surface area (TPSA) is 79.0 Å². The van der Waals surface area contributed by atoms with Gasteiger partial charge in [0.05, 0.1) is 31.3 Å². The van der Waals surface area contributed by atoms with Gasteiger partial charge in [-0.3, -0.25) is 10.00 Å². The molecule has 0 aromatic carbocycles. The third-order valence-corrected chi connectivity index (χ3v) is 7.87. The first kappa shape index (κ1) is 18.7. The SMILES string of the molecule is c1n[nH]c2c1CC(Nc1nc(CN3CCOCC3)nc3sc4c(c13)CCCC4)CC2.